The summed E-state index contributed by atoms with van der Waals surface area (Å²) in [5.74, 6) is 0. The van der Waals surface area contributed by atoms with E-state index in [1.807, 2.05) is 35.4 Å². The van der Waals surface area contributed by atoms with Crippen LogP contribution < -0.4 is 5.32 Å². The third-order valence-corrected chi connectivity index (χ3v) is 3.95. The summed E-state index contributed by atoms with van der Waals surface area (Å²) in [5, 5.41) is 4.14. The summed E-state index contributed by atoms with van der Waals surface area (Å²) in [6.45, 7) is 1.75. The predicted molar refractivity (Wildman–Crippen MR) is 82.0 cm³/mol. The third kappa shape index (κ3) is 2.95. The molecule has 0 spiro atoms. The lowest BCUT2D eigenvalue weighted by Gasteiger charge is -2.25. The van der Waals surface area contributed by atoms with E-state index in [0.29, 0.717) is 0 Å². The topological polar surface area (TPSA) is 48.1 Å². The second kappa shape index (κ2) is 5.99. The molecule has 1 aromatic carbocycles. The lowest BCUT2D eigenvalue weighted by Crippen LogP contribution is -2.37. The Kier molecular flexibility index (Phi) is 3.90. The maximum atomic E-state index is 12.3. The molecule has 1 saturated heterocycles. The first kappa shape index (κ1) is 13.0. The predicted octanol–water partition coefficient (Wildman–Crippen LogP) is 3.97. The fourth-order valence-electron chi connectivity index (χ4n) is 2.78. The Morgan fingerprint density at radius 1 is 1.05 bits per heavy atom. The first-order valence-electron chi connectivity index (χ1n) is 7.46. The van der Waals surface area contributed by atoms with E-state index in [0.717, 1.165) is 42.5 Å². The third-order valence-electron chi connectivity index (χ3n) is 3.95. The molecule has 4 heteroatoms. The molecule has 2 amide bonds. The average Bonchev–Trinajstić information content (AvgIpc) is 2.85. The van der Waals surface area contributed by atoms with Crippen molar-refractivity contribution in [1.29, 1.82) is 0 Å². The number of carbonyl (C=O) groups is 1. The van der Waals surface area contributed by atoms with E-state index in [9.17, 15) is 4.79 Å². The molecule has 2 aromatic rings. The van der Waals surface area contributed by atoms with Gasteiger partial charge in [-0.1, -0.05) is 19.3 Å². The van der Waals surface area contributed by atoms with Crippen LogP contribution in [0.15, 0.2) is 30.5 Å². The van der Waals surface area contributed by atoms with Crippen molar-refractivity contribution < 1.29 is 4.79 Å². The minimum atomic E-state index is 0.0294. The molecule has 1 aliphatic rings. The highest BCUT2D eigenvalue weighted by Gasteiger charge is 2.14. The van der Waals surface area contributed by atoms with E-state index < -0.39 is 0 Å². The summed E-state index contributed by atoms with van der Waals surface area (Å²) in [6.07, 6.45) is 7.92. The fraction of sp³-hybridized carbons (Fsp3) is 0.438. The lowest BCUT2D eigenvalue weighted by atomic mass is 10.1. The minimum Gasteiger partial charge on any atom is -0.361 e. The van der Waals surface area contributed by atoms with Gasteiger partial charge < -0.3 is 15.2 Å². The van der Waals surface area contributed by atoms with Crippen LogP contribution in [0.5, 0.6) is 0 Å². The molecule has 1 fully saturated rings. The van der Waals surface area contributed by atoms with Crippen molar-refractivity contribution in [2.75, 3.05) is 18.4 Å². The number of urea groups is 1. The van der Waals surface area contributed by atoms with E-state index in [2.05, 4.69) is 10.3 Å². The van der Waals surface area contributed by atoms with Crippen molar-refractivity contribution in [2.45, 2.75) is 32.1 Å². The number of benzene rings is 1. The first-order valence-corrected chi connectivity index (χ1v) is 7.46. The Labute approximate surface area is 119 Å². The van der Waals surface area contributed by atoms with Crippen LogP contribution in [0.2, 0.25) is 0 Å². The van der Waals surface area contributed by atoms with Crippen LogP contribution in [0.25, 0.3) is 10.9 Å². The van der Waals surface area contributed by atoms with Crippen LogP contribution in [0.4, 0.5) is 10.5 Å². The SMILES string of the molecule is O=C(Nc1ccc2[nH]ccc2c1)N1CCCCCCC1. The summed E-state index contributed by atoms with van der Waals surface area (Å²) >= 11 is 0. The summed E-state index contributed by atoms with van der Waals surface area (Å²) in [6, 6.07) is 8.00. The van der Waals surface area contributed by atoms with E-state index in [4.69, 9.17) is 0 Å². The van der Waals surface area contributed by atoms with Crippen molar-refractivity contribution in [3.05, 3.63) is 30.5 Å². The number of hydrogen-bond acceptors (Lipinski definition) is 1. The van der Waals surface area contributed by atoms with Gasteiger partial charge in [0.15, 0.2) is 0 Å². The Bertz CT molecular complexity index is 582. The molecule has 0 aliphatic carbocycles. The van der Waals surface area contributed by atoms with E-state index >= 15 is 0 Å². The highest BCUT2D eigenvalue weighted by molar-refractivity contribution is 5.92. The molecule has 1 aliphatic heterocycles. The molecule has 2 N–H and O–H groups in total. The number of anilines is 1. The molecular weight excluding hydrogens is 250 g/mol. The molecule has 0 unspecified atom stereocenters. The van der Waals surface area contributed by atoms with Crippen LogP contribution in [-0.2, 0) is 0 Å². The number of nitrogens with one attached hydrogen (secondary N) is 2. The van der Waals surface area contributed by atoms with Crippen LogP contribution in [-0.4, -0.2) is 29.0 Å². The van der Waals surface area contributed by atoms with E-state index in [1.165, 1.54) is 19.3 Å². The first-order chi connectivity index (χ1) is 9.83. The highest BCUT2D eigenvalue weighted by atomic mass is 16.2. The number of aromatic amines is 1. The number of H-pyrrole nitrogens is 1. The fourth-order valence-corrected chi connectivity index (χ4v) is 2.78. The van der Waals surface area contributed by atoms with Crippen LogP contribution in [0.3, 0.4) is 0 Å². The minimum absolute atomic E-state index is 0.0294. The number of nitrogens with zero attached hydrogens (tertiary/aromatic N) is 1. The van der Waals surface area contributed by atoms with Gasteiger partial charge in [0.05, 0.1) is 0 Å². The Hall–Kier alpha value is -1.97. The standard InChI is InChI=1S/C16H21N3O/c20-16(19-10-4-2-1-3-5-11-19)18-14-6-7-15-13(12-14)8-9-17-15/h6-9,12,17H,1-5,10-11H2,(H,18,20). The van der Waals surface area contributed by atoms with Gasteiger partial charge in [-0.3, -0.25) is 0 Å². The van der Waals surface area contributed by atoms with Crippen LogP contribution >= 0.6 is 0 Å². The van der Waals surface area contributed by atoms with Crippen LogP contribution in [0.1, 0.15) is 32.1 Å². The molecule has 0 bridgehead atoms. The molecular formula is C16H21N3O. The highest BCUT2D eigenvalue weighted by Crippen LogP contribution is 2.19. The average molecular weight is 271 g/mol. The molecule has 4 nitrogen and oxygen atoms in total. The normalized spacial score (nSPS) is 16.7. The maximum Gasteiger partial charge on any atom is 0.321 e. The monoisotopic (exact) mass is 271 g/mol. The summed E-state index contributed by atoms with van der Waals surface area (Å²) in [7, 11) is 0. The molecule has 20 heavy (non-hydrogen) atoms. The van der Waals surface area contributed by atoms with Gasteiger partial charge >= 0.3 is 6.03 Å². The van der Waals surface area contributed by atoms with Crippen molar-refractivity contribution >= 4 is 22.6 Å². The molecule has 0 atom stereocenters. The van der Waals surface area contributed by atoms with E-state index in [-0.39, 0.29) is 6.03 Å². The Morgan fingerprint density at radius 2 is 1.80 bits per heavy atom. The number of carbonyl (C=O) groups excluding carboxylic acids is 1. The number of rotatable bonds is 1. The zero-order valence-electron chi connectivity index (χ0n) is 11.7. The Balaban J connectivity index is 1.67. The van der Waals surface area contributed by atoms with Crippen LogP contribution in [0, 0.1) is 0 Å². The number of amides is 2. The van der Waals surface area contributed by atoms with Crippen molar-refractivity contribution in [3.63, 3.8) is 0 Å². The van der Waals surface area contributed by atoms with Gasteiger partial charge in [0, 0.05) is 35.9 Å². The molecule has 2 heterocycles. The van der Waals surface area contributed by atoms with Gasteiger partial charge in [-0.25, -0.2) is 4.79 Å². The summed E-state index contributed by atoms with van der Waals surface area (Å²) < 4.78 is 0. The summed E-state index contributed by atoms with van der Waals surface area (Å²) in [4.78, 5) is 17.4. The molecule has 106 valence electrons. The molecule has 0 radical (unpaired) electrons. The summed E-state index contributed by atoms with van der Waals surface area (Å²) in [5.41, 5.74) is 1.96. The number of fused-ring (bicyclic) bond motifs is 1. The second-order valence-corrected chi connectivity index (χ2v) is 5.46. The second-order valence-electron chi connectivity index (χ2n) is 5.46. The van der Waals surface area contributed by atoms with Gasteiger partial charge in [-0.15, -0.1) is 0 Å². The maximum absolute atomic E-state index is 12.3. The molecule has 1 aromatic heterocycles. The van der Waals surface area contributed by atoms with Gasteiger partial charge in [0.2, 0.25) is 0 Å². The molecule has 0 saturated carbocycles. The van der Waals surface area contributed by atoms with Gasteiger partial charge in [0.25, 0.3) is 0 Å². The number of likely N-dealkylation sites (tertiary alicyclic amines) is 1. The molecule has 3 rings (SSSR count). The van der Waals surface area contributed by atoms with Gasteiger partial charge in [-0.05, 0) is 37.1 Å². The van der Waals surface area contributed by atoms with Crippen molar-refractivity contribution in [3.8, 4) is 0 Å². The van der Waals surface area contributed by atoms with Crippen molar-refractivity contribution in [1.82, 2.24) is 9.88 Å². The largest absolute Gasteiger partial charge is 0.361 e. The van der Waals surface area contributed by atoms with Gasteiger partial charge in [0.1, 0.15) is 0 Å². The Morgan fingerprint density at radius 3 is 2.60 bits per heavy atom. The number of aromatic nitrogens is 1. The zero-order valence-corrected chi connectivity index (χ0v) is 11.7. The van der Waals surface area contributed by atoms with E-state index in [1.54, 1.807) is 0 Å². The number of hydrogen-bond donors (Lipinski definition) is 2. The quantitative estimate of drug-likeness (QED) is 0.810. The zero-order chi connectivity index (χ0) is 13.8. The van der Waals surface area contributed by atoms with Crippen molar-refractivity contribution in [2.24, 2.45) is 0 Å². The van der Waals surface area contributed by atoms with Gasteiger partial charge in [-0.2, -0.15) is 0 Å². The smallest absolute Gasteiger partial charge is 0.321 e. The lowest BCUT2D eigenvalue weighted by molar-refractivity contribution is 0.206.